The third-order valence-corrected chi connectivity index (χ3v) is 3.73. The van der Waals surface area contributed by atoms with Crippen molar-refractivity contribution in [1.82, 2.24) is 0 Å². The van der Waals surface area contributed by atoms with E-state index < -0.39 is 0 Å². The topological polar surface area (TPSA) is 26.3 Å². The van der Waals surface area contributed by atoms with Crippen LogP contribution in [-0.4, -0.2) is 12.1 Å². The molecule has 0 aromatic carbocycles. The van der Waals surface area contributed by atoms with Crippen LogP contribution in [0.25, 0.3) is 0 Å². The number of allylic oxidation sites excluding steroid dienone is 2. The van der Waals surface area contributed by atoms with Gasteiger partial charge in [0.2, 0.25) is 0 Å². The summed E-state index contributed by atoms with van der Waals surface area (Å²) in [5.74, 6) is -0.0132. The van der Waals surface area contributed by atoms with Crippen LogP contribution in [0.3, 0.4) is 0 Å². The fraction of sp³-hybridized carbons (Fsp3) is 0.824. The summed E-state index contributed by atoms with van der Waals surface area (Å²) < 4.78 is 5.42. The minimum absolute atomic E-state index is 0.0132. The quantitative estimate of drug-likeness (QED) is 0.446. The summed E-state index contributed by atoms with van der Waals surface area (Å²) >= 11 is 0. The van der Waals surface area contributed by atoms with Crippen LogP contribution in [-0.2, 0) is 9.53 Å². The van der Waals surface area contributed by atoms with E-state index in [9.17, 15) is 4.79 Å². The molecule has 0 bridgehead atoms. The number of ether oxygens (including phenoxy) is 1. The van der Waals surface area contributed by atoms with Crippen molar-refractivity contribution < 1.29 is 9.53 Å². The van der Waals surface area contributed by atoms with Crippen molar-refractivity contribution in [2.24, 2.45) is 0 Å². The highest BCUT2D eigenvalue weighted by molar-refractivity contribution is 5.69. The van der Waals surface area contributed by atoms with Crippen molar-refractivity contribution in [2.45, 2.75) is 90.1 Å². The molecule has 0 saturated heterocycles. The first-order valence-corrected chi connectivity index (χ1v) is 8.13. The molecule has 0 N–H and O–H groups in total. The Balaban J connectivity index is 2.27. The van der Waals surface area contributed by atoms with Gasteiger partial charge in [-0.1, -0.05) is 37.8 Å². The van der Waals surface area contributed by atoms with Gasteiger partial charge in [-0.2, -0.15) is 0 Å². The van der Waals surface area contributed by atoms with Crippen molar-refractivity contribution in [3.8, 4) is 0 Å². The van der Waals surface area contributed by atoms with Crippen molar-refractivity contribution >= 4 is 5.97 Å². The Kier molecular flexibility index (Phi) is 9.48. The molecule has 1 aliphatic heterocycles. The first-order valence-electron chi connectivity index (χ1n) is 8.13. The summed E-state index contributed by atoms with van der Waals surface area (Å²) in [4.78, 5) is 11.6. The van der Waals surface area contributed by atoms with Gasteiger partial charge in [-0.25, -0.2) is 0 Å². The van der Waals surface area contributed by atoms with Crippen molar-refractivity contribution in [3.05, 3.63) is 12.2 Å². The van der Waals surface area contributed by atoms with Gasteiger partial charge in [0.05, 0.1) is 6.10 Å². The van der Waals surface area contributed by atoms with Crippen LogP contribution in [0.4, 0.5) is 0 Å². The zero-order valence-corrected chi connectivity index (χ0v) is 12.5. The second kappa shape index (κ2) is 11.1. The van der Waals surface area contributed by atoms with Crippen molar-refractivity contribution in [3.63, 3.8) is 0 Å². The highest BCUT2D eigenvalue weighted by Gasteiger charge is 2.08. The van der Waals surface area contributed by atoms with E-state index in [1.165, 1.54) is 44.9 Å². The van der Waals surface area contributed by atoms with E-state index in [1.54, 1.807) is 0 Å². The molecule has 0 amide bonds. The average molecular weight is 266 g/mol. The predicted octanol–water partition coefficient (Wildman–Crippen LogP) is 5.17. The van der Waals surface area contributed by atoms with E-state index in [2.05, 4.69) is 12.2 Å². The van der Waals surface area contributed by atoms with Crippen LogP contribution in [0.2, 0.25) is 0 Å². The molecule has 110 valence electrons. The predicted molar refractivity (Wildman–Crippen MR) is 80.1 cm³/mol. The largest absolute Gasteiger partial charge is 0.463 e. The summed E-state index contributed by atoms with van der Waals surface area (Å²) in [5.41, 5.74) is 0. The number of esters is 1. The van der Waals surface area contributed by atoms with Crippen molar-refractivity contribution in [2.75, 3.05) is 0 Å². The number of carbonyl (C=O) groups excluding carboxylic acids is 1. The minimum Gasteiger partial charge on any atom is -0.463 e. The highest BCUT2D eigenvalue weighted by atomic mass is 16.5. The van der Waals surface area contributed by atoms with Crippen LogP contribution < -0.4 is 0 Å². The van der Waals surface area contributed by atoms with Gasteiger partial charge >= 0.3 is 5.97 Å². The Labute approximate surface area is 118 Å². The molecule has 19 heavy (non-hydrogen) atoms. The Morgan fingerprint density at radius 1 is 0.895 bits per heavy atom. The Morgan fingerprint density at radius 2 is 1.47 bits per heavy atom. The summed E-state index contributed by atoms with van der Waals surface area (Å²) in [6.45, 7) is 2.02. The lowest BCUT2D eigenvalue weighted by Gasteiger charge is -2.13. The Hall–Kier alpha value is -0.790. The fourth-order valence-electron chi connectivity index (χ4n) is 2.51. The average Bonchev–Trinajstić information content (AvgIpc) is 2.38. The van der Waals surface area contributed by atoms with Crippen LogP contribution in [0, 0.1) is 0 Å². The zero-order chi connectivity index (χ0) is 13.8. The van der Waals surface area contributed by atoms with Crippen LogP contribution in [0.1, 0.15) is 84.0 Å². The van der Waals surface area contributed by atoms with E-state index in [0.29, 0.717) is 6.42 Å². The lowest BCUT2D eigenvalue weighted by atomic mass is 10.1. The molecular weight excluding hydrogens is 236 g/mol. The van der Waals surface area contributed by atoms with Gasteiger partial charge in [0.15, 0.2) is 0 Å². The van der Waals surface area contributed by atoms with Gasteiger partial charge in [-0.05, 0) is 51.9 Å². The Bertz CT molecular complexity index is 258. The second-order valence-electron chi connectivity index (χ2n) is 5.72. The van der Waals surface area contributed by atoms with Gasteiger partial charge in [0.25, 0.3) is 0 Å². The molecule has 0 aromatic rings. The molecule has 0 aromatic heterocycles. The molecule has 1 rings (SSSR count). The first kappa shape index (κ1) is 16.3. The van der Waals surface area contributed by atoms with E-state index in [0.717, 1.165) is 25.7 Å². The molecule has 1 atom stereocenters. The molecule has 0 spiro atoms. The molecule has 2 heteroatoms. The van der Waals surface area contributed by atoms with E-state index in [4.69, 9.17) is 4.74 Å². The molecule has 0 radical (unpaired) electrons. The van der Waals surface area contributed by atoms with Gasteiger partial charge in [-0.3, -0.25) is 4.79 Å². The molecule has 1 unspecified atom stereocenters. The first-order chi connectivity index (χ1) is 9.29. The monoisotopic (exact) mass is 266 g/mol. The molecule has 1 heterocycles. The molecule has 0 fully saturated rings. The normalized spacial score (nSPS) is 27.2. The molecular formula is C17H30O2. The molecule has 2 nitrogen and oxygen atoms in total. The third-order valence-electron chi connectivity index (χ3n) is 3.73. The number of carbonyl (C=O) groups is 1. The number of cyclic esters (lactones) is 1. The summed E-state index contributed by atoms with van der Waals surface area (Å²) in [7, 11) is 0. The molecule has 0 aliphatic carbocycles. The van der Waals surface area contributed by atoms with Gasteiger partial charge in [0, 0.05) is 6.42 Å². The lowest BCUT2D eigenvalue weighted by Crippen LogP contribution is -2.14. The van der Waals surface area contributed by atoms with Crippen molar-refractivity contribution in [1.29, 1.82) is 0 Å². The van der Waals surface area contributed by atoms with Gasteiger partial charge < -0.3 is 4.74 Å². The maximum atomic E-state index is 11.6. The third kappa shape index (κ3) is 9.75. The number of hydrogen-bond acceptors (Lipinski definition) is 2. The smallest absolute Gasteiger partial charge is 0.306 e. The number of hydrogen-bond donors (Lipinski definition) is 0. The van der Waals surface area contributed by atoms with E-state index >= 15 is 0 Å². The van der Waals surface area contributed by atoms with E-state index in [1.807, 2.05) is 6.92 Å². The highest BCUT2D eigenvalue weighted by Crippen LogP contribution is 2.13. The maximum absolute atomic E-state index is 11.6. The minimum atomic E-state index is -0.0132. The van der Waals surface area contributed by atoms with Gasteiger partial charge in [0.1, 0.15) is 0 Å². The van der Waals surface area contributed by atoms with Crippen LogP contribution in [0.15, 0.2) is 12.2 Å². The van der Waals surface area contributed by atoms with Crippen LogP contribution in [0.5, 0.6) is 0 Å². The van der Waals surface area contributed by atoms with Gasteiger partial charge in [-0.15, -0.1) is 0 Å². The lowest BCUT2D eigenvalue weighted by molar-refractivity contribution is -0.148. The second-order valence-corrected chi connectivity index (χ2v) is 5.72. The summed E-state index contributed by atoms with van der Waals surface area (Å²) in [5, 5.41) is 0. The summed E-state index contributed by atoms with van der Waals surface area (Å²) in [6, 6.07) is 0. The van der Waals surface area contributed by atoms with E-state index in [-0.39, 0.29) is 12.1 Å². The zero-order valence-electron chi connectivity index (χ0n) is 12.5. The molecule has 1 aliphatic rings. The number of rotatable bonds is 0. The summed E-state index contributed by atoms with van der Waals surface area (Å²) in [6.07, 6.45) is 18.5. The Morgan fingerprint density at radius 3 is 2.21 bits per heavy atom. The maximum Gasteiger partial charge on any atom is 0.306 e. The van der Waals surface area contributed by atoms with Crippen LogP contribution >= 0.6 is 0 Å². The standard InChI is InChI=1S/C17H30O2/c1-16-14-12-10-8-6-4-2-3-5-7-9-11-13-15-17(18)19-16/h5,7,16H,2-4,6,8-15H2,1H3/b7-5+. The SMILES string of the molecule is CC1CCCCCCCC/C=C/CCCCC(=O)O1. The molecule has 0 saturated carbocycles. The fourth-order valence-corrected chi connectivity index (χ4v) is 2.51.